The lowest BCUT2D eigenvalue weighted by molar-refractivity contribution is 0.349. The fourth-order valence-corrected chi connectivity index (χ4v) is 4.71. The second-order valence-electron chi connectivity index (χ2n) is 5.74. The van der Waals surface area contributed by atoms with E-state index in [1.807, 2.05) is 20.0 Å². The van der Waals surface area contributed by atoms with E-state index < -0.39 is 0 Å². The van der Waals surface area contributed by atoms with Crippen LogP contribution < -0.4 is 4.74 Å². The van der Waals surface area contributed by atoms with Gasteiger partial charge in [-0.2, -0.15) is 0 Å². The van der Waals surface area contributed by atoms with Crippen molar-refractivity contribution < 1.29 is 9.47 Å². The average molecular weight is 374 g/mol. The highest BCUT2D eigenvalue weighted by Crippen LogP contribution is 2.31. The molecule has 3 aromatic rings. The zero-order valence-corrected chi connectivity index (χ0v) is 15.9. The van der Waals surface area contributed by atoms with Crippen LogP contribution in [0.3, 0.4) is 0 Å². The minimum atomic E-state index is 0.669. The molecule has 3 aromatic heterocycles. The number of aliphatic imine (C=N–C) groups is 1. The number of H-pyrrole nitrogens is 1. The summed E-state index contributed by atoms with van der Waals surface area (Å²) in [4.78, 5) is 18.9. The van der Waals surface area contributed by atoms with E-state index in [2.05, 4.69) is 26.0 Å². The molecule has 0 unspecified atom stereocenters. The van der Waals surface area contributed by atoms with Gasteiger partial charge < -0.3 is 14.5 Å². The normalized spacial score (nSPS) is 14.0. The van der Waals surface area contributed by atoms with E-state index in [0.29, 0.717) is 6.61 Å². The van der Waals surface area contributed by atoms with Crippen molar-refractivity contribution in [1.82, 2.24) is 15.0 Å². The average Bonchev–Trinajstić information content (AvgIpc) is 3.30. The van der Waals surface area contributed by atoms with Crippen LogP contribution in [0.25, 0.3) is 10.3 Å². The van der Waals surface area contributed by atoms with Crippen LogP contribution in [-0.4, -0.2) is 41.1 Å². The maximum atomic E-state index is 5.51. The number of thiophene rings is 1. The number of fused-ring (bicyclic) bond motifs is 1. The van der Waals surface area contributed by atoms with Gasteiger partial charge in [0.1, 0.15) is 17.2 Å². The Bertz CT molecular complexity index is 930. The Morgan fingerprint density at radius 2 is 2.28 bits per heavy atom. The molecule has 0 spiro atoms. The minimum Gasteiger partial charge on any atom is -0.496 e. The highest BCUT2D eigenvalue weighted by molar-refractivity contribution is 7.98. The maximum absolute atomic E-state index is 5.51. The molecule has 4 heterocycles. The third kappa shape index (κ3) is 3.11. The molecule has 0 amide bonds. The largest absolute Gasteiger partial charge is 0.496 e. The molecule has 0 saturated heterocycles. The van der Waals surface area contributed by atoms with Gasteiger partial charge in [-0.05, 0) is 19.9 Å². The molecule has 8 heteroatoms. The van der Waals surface area contributed by atoms with Gasteiger partial charge in [-0.3, -0.25) is 4.98 Å². The maximum Gasteiger partial charge on any atom is 0.226 e. The Kier molecular flexibility index (Phi) is 4.39. The molecular weight excluding hydrogens is 356 g/mol. The number of nitrogens with zero attached hydrogens (tertiary/aromatic N) is 3. The smallest absolute Gasteiger partial charge is 0.226 e. The fraction of sp³-hybridized carbons (Fsp3) is 0.353. The monoisotopic (exact) mass is 374 g/mol. The van der Waals surface area contributed by atoms with Crippen LogP contribution in [0.5, 0.6) is 5.75 Å². The molecule has 130 valence electrons. The molecule has 4 rings (SSSR count). The van der Waals surface area contributed by atoms with Crippen LogP contribution >= 0.6 is 23.1 Å². The fourth-order valence-electron chi connectivity index (χ4n) is 2.80. The lowest BCUT2D eigenvalue weighted by Crippen LogP contribution is -1.99. The number of pyridine rings is 1. The summed E-state index contributed by atoms with van der Waals surface area (Å²) in [6.07, 6.45) is 1.86. The molecule has 25 heavy (non-hydrogen) atoms. The number of imidazole rings is 1. The Labute approximate surface area is 153 Å². The Morgan fingerprint density at radius 3 is 3.00 bits per heavy atom. The molecule has 1 N–H and O–H groups in total. The summed E-state index contributed by atoms with van der Waals surface area (Å²) in [5, 5.41) is 0.892. The first-order chi connectivity index (χ1) is 12.2. The SMILES string of the molecule is COc1c(C)cnc(CSc2nc3sc(C4=NCCO4)cc3[nH]2)c1C. The van der Waals surface area contributed by atoms with Gasteiger partial charge in [-0.25, -0.2) is 9.98 Å². The predicted octanol–water partition coefficient (Wildman–Crippen LogP) is 3.71. The van der Waals surface area contributed by atoms with Gasteiger partial charge in [0.15, 0.2) is 5.16 Å². The molecule has 6 nitrogen and oxygen atoms in total. The van der Waals surface area contributed by atoms with Crippen molar-refractivity contribution in [3.63, 3.8) is 0 Å². The van der Waals surface area contributed by atoms with E-state index in [1.165, 1.54) is 0 Å². The van der Waals surface area contributed by atoms with Gasteiger partial charge in [0.05, 0.1) is 29.7 Å². The Balaban J connectivity index is 1.51. The summed E-state index contributed by atoms with van der Waals surface area (Å²) < 4.78 is 11.0. The minimum absolute atomic E-state index is 0.669. The summed E-state index contributed by atoms with van der Waals surface area (Å²) >= 11 is 3.24. The van der Waals surface area contributed by atoms with Crippen molar-refractivity contribution >= 4 is 39.3 Å². The van der Waals surface area contributed by atoms with Gasteiger partial charge in [0.25, 0.3) is 0 Å². The number of methoxy groups -OCH3 is 1. The van der Waals surface area contributed by atoms with Gasteiger partial charge in [0.2, 0.25) is 5.90 Å². The standard InChI is InChI=1S/C17H18N4O2S2/c1-9-7-19-12(10(2)14(9)22-3)8-24-17-20-11-6-13(25-16(11)21-17)15-18-4-5-23-15/h6-7H,4-5,8H2,1-3H3,(H,20,21). The first-order valence-corrected chi connectivity index (χ1v) is 9.75. The molecular formula is C17H18N4O2S2. The van der Waals surface area contributed by atoms with E-state index >= 15 is 0 Å². The summed E-state index contributed by atoms with van der Waals surface area (Å²) in [6.45, 7) is 5.46. The van der Waals surface area contributed by atoms with Gasteiger partial charge in [-0.15, -0.1) is 11.3 Å². The van der Waals surface area contributed by atoms with Crippen LogP contribution in [0.4, 0.5) is 0 Å². The highest BCUT2D eigenvalue weighted by Gasteiger charge is 2.16. The van der Waals surface area contributed by atoms with Crippen LogP contribution in [0.2, 0.25) is 0 Å². The number of aromatic nitrogens is 3. The highest BCUT2D eigenvalue weighted by atomic mass is 32.2. The first kappa shape index (κ1) is 16.4. The van der Waals surface area contributed by atoms with E-state index in [9.17, 15) is 0 Å². The molecule has 0 bridgehead atoms. The second kappa shape index (κ2) is 6.68. The number of hydrogen-bond acceptors (Lipinski definition) is 7. The van der Waals surface area contributed by atoms with Gasteiger partial charge >= 0.3 is 0 Å². The number of rotatable bonds is 5. The second-order valence-corrected chi connectivity index (χ2v) is 7.74. The number of aromatic amines is 1. The van der Waals surface area contributed by atoms with Crippen LogP contribution in [0.1, 0.15) is 21.7 Å². The summed E-state index contributed by atoms with van der Waals surface area (Å²) in [5.74, 6) is 2.39. The molecule has 0 radical (unpaired) electrons. The van der Waals surface area contributed by atoms with Crippen molar-refractivity contribution in [2.75, 3.05) is 20.3 Å². The lowest BCUT2D eigenvalue weighted by atomic mass is 10.1. The lowest BCUT2D eigenvalue weighted by Gasteiger charge is -2.11. The topological polar surface area (TPSA) is 72.4 Å². The molecule has 0 aromatic carbocycles. The van der Waals surface area contributed by atoms with Gasteiger partial charge in [-0.1, -0.05) is 11.8 Å². The molecule has 0 atom stereocenters. The van der Waals surface area contributed by atoms with E-state index in [-0.39, 0.29) is 0 Å². The number of aryl methyl sites for hydroxylation is 1. The number of hydrogen-bond donors (Lipinski definition) is 1. The molecule has 0 fully saturated rings. The number of ether oxygens (including phenoxy) is 2. The van der Waals surface area contributed by atoms with Crippen LogP contribution in [0, 0.1) is 13.8 Å². The Hall–Kier alpha value is -2.06. The third-order valence-corrected chi connectivity index (χ3v) is 5.95. The van der Waals surface area contributed by atoms with Crippen LogP contribution in [-0.2, 0) is 10.5 Å². The third-order valence-electron chi connectivity index (χ3n) is 4.05. The van der Waals surface area contributed by atoms with Crippen molar-refractivity contribution in [2.24, 2.45) is 4.99 Å². The van der Waals surface area contributed by atoms with E-state index in [0.717, 1.165) is 61.1 Å². The quantitative estimate of drug-likeness (QED) is 0.689. The summed E-state index contributed by atoms with van der Waals surface area (Å²) in [7, 11) is 1.70. The molecule has 0 aliphatic carbocycles. The summed E-state index contributed by atoms with van der Waals surface area (Å²) in [6, 6.07) is 2.06. The van der Waals surface area contributed by atoms with Crippen molar-refractivity contribution in [3.8, 4) is 5.75 Å². The molecule has 0 saturated carbocycles. The molecule has 1 aliphatic heterocycles. The first-order valence-electron chi connectivity index (χ1n) is 7.94. The zero-order chi connectivity index (χ0) is 17.4. The predicted molar refractivity (Wildman–Crippen MR) is 101 cm³/mol. The van der Waals surface area contributed by atoms with Gasteiger partial charge in [0, 0.05) is 23.1 Å². The molecule has 1 aliphatic rings. The Morgan fingerprint density at radius 1 is 1.40 bits per heavy atom. The van der Waals surface area contributed by atoms with Crippen LogP contribution in [0.15, 0.2) is 22.4 Å². The number of nitrogens with one attached hydrogen (secondary N) is 1. The van der Waals surface area contributed by atoms with Crippen molar-refractivity contribution in [1.29, 1.82) is 0 Å². The summed E-state index contributed by atoms with van der Waals surface area (Å²) in [5.41, 5.74) is 4.17. The van der Waals surface area contributed by atoms with E-state index in [4.69, 9.17) is 9.47 Å². The van der Waals surface area contributed by atoms with Crippen molar-refractivity contribution in [3.05, 3.63) is 34.0 Å². The van der Waals surface area contributed by atoms with Crippen molar-refractivity contribution in [2.45, 2.75) is 24.8 Å². The zero-order valence-electron chi connectivity index (χ0n) is 14.3. The number of thioether (sulfide) groups is 1. The van der Waals surface area contributed by atoms with E-state index in [1.54, 1.807) is 30.2 Å².